The molecule has 3 atom stereocenters. The van der Waals surface area contributed by atoms with Crippen molar-refractivity contribution < 1.29 is 9.59 Å². The molecule has 1 aliphatic rings. The number of Topliss-reactive ketones (excluding diaryl/α,β-unsaturated/α-hetero) is 1. The maximum absolute atomic E-state index is 12.7. The van der Waals surface area contributed by atoms with Crippen molar-refractivity contribution in [1.29, 1.82) is 0 Å². The van der Waals surface area contributed by atoms with Gasteiger partial charge in [-0.05, 0) is 73.8 Å². The molecule has 0 saturated heterocycles. The van der Waals surface area contributed by atoms with Gasteiger partial charge in [0.2, 0.25) is 5.91 Å². The summed E-state index contributed by atoms with van der Waals surface area (Å²) >= 11 is 15.2. The van der Waals surface area contributed by atoms with E-state index in [1.165, 1.54) is 16.9 Å². The van der Waals surface area contributed by atoms with Gasteiger partial charge in [0.1, 0.15) is 9.66 Å². The molecular formula is C33H34Cl2N4O2S2. The van der Waals surface area contributed by atoms with E-state index in [4.69, 9.17) is 28.9 Å². The van der Waals surface area contributed by atoms with Crippen molar-refractivity contribution in [3.8, 4) is 0 Å². The Kier molecular flexibility index (Phi) is 10.8. The topological polar surface area (TPSA) is 98.0 Å². The van der Waals surface area contributed by atoms with Gasteiger partial charge in [0.15, 0.2) is 5.78 Å². The zero-order valence-electron chi connectivity index (χ0n) is 23.9. The van der Waals surface area contributed by atoms with Crippen LogP contribution in [-0.4, -0.2) is 27.7 Å². The van der Waals surface area contributed by atoms with E-state index >= 15 is 0 Å². The Balaban J connectivity index is 0.000000255. The molecule has 10 heteroatoms. The Morgan fingerprint density at radius 2 is 1.58 bits per heavy atom. The van der Waals surface area contributed by atoms with Crippen LogP contribution in [0.15, 0.2) is 65.6 Å². The summed E-state index contributed by atoms with van der Waals surface area (Å²) < 4.78 is 0. The average Bonchev–Trinajstić information content (AvgIpc) is 3.75. The number of fused-ring (bicyclic) bond motifs is 2. The number of benzene rings is 1. The van der Waals surface area contributed by atoms with Gasteiger partial charge < -0.3 is 11.1 Å². The summed E-state index contributed by atoms with van der Waals surface area (Å²) in [6.07, 6.45) is 8.44. The summed E-state index contributed by atoms with van der Waals surface area (Å²) in [6, 6.07) is 14.0. The highest BCUT2D eigenvalue weighted by Crippen LogP contribution is 2.34. The minimum atomic E-state index is -0.470. The Hall–Kier alpha value is -2.88. The molecule has 1 saturated carbocycles. The number of aryl methyl sites for hydroxylation is 1. The second-order valence-electron chi connectivity index (χ2n) is 11.0. The van der Waals surface area contributed by atoms with E-state index in [0.717, 1.165) is 62.3 Å². The molecule has 1 fully saturated rings. The van der Waals surface area contributed by atoms with Gasteiger partial charge in [-0.1, -0.05) is 53.5 Å². The van der Waals surface area contributed by atoms with Crippen LogP contribution in [0.5, 0.6) is 0 Å². The van der Waals surface area contributed by atoms with E-state index in [2.05, 4.69) is 39.6 Å². The predicted octanol–water partition coefficient (Wildman–Crippen LogP) is 8.02. The van der Waals surface area contributed by atoms with Crippen molar-refractivity contribution in [2.24, 2.45) is 17.6 Å². The number of nitrogens with two attached hydrogens (primary N) is 1. The van der Waals surface area contributed by atoms with Crippen molar-refractivity contribution in [1.82, 2.24) is 15.3 Å². The number of rotatable bonds is 9. The molecule has 6 rings (SSSR count). The van der Waals surface area contributed by atoms with Crippen molar-refractivity contribution in [2.75, 3.05) is 0 Å². The van der Waals surface area contributed by atoms with Crippen LogP contribution in [0.3, 0.4) is 0 Å². The number of carbonyl (C=O) groups is 2. The van der Waals surface area contributed by atoms with E-state index in [9.17, 15) is 9.59 Å². The smallest absolute Gasteiger partial charge is 0.223 e. The third kappa shape index (κ3) is 8.19. The Labute approximate surface area is 269 Å². The van der Waals surface area contributed by atoms with Gasteiger partial charge in [-0.3, -0.25) is 9.59 Å². The van der Waals surface area contributed by atoms with Crippen LogP contribution in [0.4, 0.5) is 0 Å². The van der Waals surface area contributed by atoms with Crippen molar-refractivity contribution in [2.45, 2.75) is 58.0 Å². The number of nitrogens with zero attached hydrogens (tertiary/aromatic N) is 2. The van der Waals surface area contributed by atoms with Crippen molar-refractivity contribution in [3.63, 3.8) is 0 Å². The second-order valence-corrected chi connectivity index (χ2v) is 13.6. The standard InChI is InChI=1S/C25H27ClN2O2S.C8H7ClN2S/c1-16(23(29)10-8-19-13-21-22(26)15-31-25(21)27-14-19)28-24(30)20-9-7-18(12-20)11-17-5-3-2-4-6-17;9-7-4-12-8-6(7)1-5(2-10)3-11-8/h2-6,13-16,18,20H,7-12H2,1H3,(H,28,30);1,3-4H,2,10H2/t16-,18-,20+;/m0./s1. The van der Waals surface area contributed by atoms with Gasteiger partial charge in [-0.25, -0.2) is 9.97 Å². The molecular weight excluding hydrogens is 619 g/mol. The fourth-order valence-electron chi connectivity index (χ4n) is 5.45. The molecule has 43 heavy (non-hydrogen) atoms. The average molecular weight is 654 g/mol. The van der Waals surface area contributed by atoms with Crippen LogP contribution >= 0.6 is 45.9 Å². The van der Waals surface area contributed by atoms with Crippen LogP contribution in [0.25, 0.3) is 20.4 Å². The Bertz CT molecular complexity index is 1710. The van der Waals surface area contributed by atoms with E-state index in [-0.39, 0.29) is 17.6 Å². The normalized spacial score (nSPS) is 17.0. The van der Waals surface area contributed by atoms with Crippen molar-refractivity contribution in [3.05, 3.63) is 92.4 Å². The number of pyridine rings is 2. The van der Waals surface area contributed by atoms with Crippen LogP contribution in [0.1, 0.15) is 49.3 Å². The van der Waals surface area contributed by atoms with Crippen LogP contribution in [0.2, 0.25) is 10.0 Å². The molecule has 224 valence electrons. The molecule has 4 aromatic heterocycles. The first-order chi connectivity index (χ1) is 20.8. The molecule has 3 N–H and O–H groups in total. The predicted molar refractivity (Wildman–Crippen MR) is 179 cm³/mol. The highest BCUT2D eigenvalue weighted by Gasteiger charge is 2.31. The highest BCUT2D eigenvalue weighted by atomic mass is 35.5. The lowest BCUT2D eigenvalue weighted by Gasteiger charge is -2.17. The number of hydrogen-bond donors (Lipinski definition) is 2. The molecule has 0 radical (unpaired) electrons. The summed E-state index contributed by atoms with van der Waals surface area (Å²) in [5, 5.41) is 10.1. The van der Waals surface area contributed by atoms with Gasteiger partial charge in [0.25, 0.3) is 0 Å². The van der Waals surface area contributed by atoms with E-state index in [1.54, 1.807) is 30.7 Å². The van der Waals surface area contributed by atoms with E-state index < -0.39 is 6.04 Å². The van der Waals surface area contributed by atoms with Gasteiger partial charge in [0, 0.05) is 52.8 Å². The highest BCUT2D eigenvalue weighted by molar-refractivity contribution is 7.17. The number of hydrogen-bond acceptors (Lipinski definition) is 7. The quantitative estimate of drug-likeness (QED) is 0.168. The zero-order chi connectivity index (χ0) is 30.3. The number of amides is 1. The number of nitrogens with one attached hydrogen (secondary N) is 1. The molecule has 1 aliphatic carbocycles. The molecule has 0 bridgehead atoms. The van der Waals surface area contributed by atoms with Gasteiger partial charge in [-0.15, -0.1) is 22.7 Å². The lowest BCUT2D eigenvalue weighted by atomic mass is 9.96. The molecule has 0 spiro atoms. The lowest BCUT2D eigenvalue weighted by molar-refractivity contribution is -0.129. The summed E-state index contributed by atoms with van der Waals surface area (Å²) in [4.78, 5) is 35.8. The first-order valence-electron chi connectivity index (χ1n) is 14.4. The van der Waals surface area contributed by atoms with Gasteiger partial charge in [-0.2, -0.15) is 0 Å². The molecule has 1 aromatic carbocycles. The summed E-state index contributed by atoms with van der Waals surface area (Å²) in [7, 11) is 0. The molecule has 0 aliphatic heterocycles. The summed E-state index contributed by atoms with van der Waals surface area (Å²) in [5.74, 6) is 0.611. The SMILES string of the molecule is C[C@H](NC(=O)[C@@H]1CC[C@@H](Cc2ccccc2)C1)C(=O)CCc1cnc2scc(Cl)c2c1.NCc1cnc2scc(Cl)c2c1. The van der Waals surface area contributed by atoms with Crippen LogP contribution in [0, 0.1) is 11.8 Å². The third-order valence-corrected chi connectivity index (χ3v) is 10.6. The maximum atomic E-state index is 12.7. The molecule has 5 aromatic rings. The summed E-state index contributed by atoms with van der Waals surface area (Å²) in [6.45, 7) is 2.29. The number of thiophene rings is 2. The Morgan fingerprint density at radius 1 is 0.953 bits per heavy atom. The lowest BCUT2D eigenvalue weighted by Crippen LogP contribution is -2.41. The van der Waals surface area contributed by atoms with E-state index in [0.29, 0.717) is 30.3 Å². The number of halogens is 2. The first kappa shape index (κ1) is 31.5. The minimum Gasteiger partial charge on any atom is -0.346 e. The van der Waals surface area contributed by atoms with Crippen LogP contribution < -0.4 is 11.1 Å². The van der Waals surface area contributed by atoms with E-state index in [1.807, 2.05) is 29.0 Å². The summed E-state index contributed by atoms with van der Waals surface area (Å²) in [5.41, 5.74) is 8.81. The Morgan fingerprint density at radius 3 is 2.23 bits per heavy atom. The number of carbonyl (C=O) groups excluding carboxylic acids is 2. The van der Waals surface area contributed by atoms with Gasteiger partial charge in [0.05, 0.1) is 16.1 Å². The second kappa shape index (κ2) is 14.7. The molecule has 6 nitrogen and oxygen atoms in total. The first-order valence-corrected chi connectivity index (χ1v) is 16.9. The monoisotopic (exact) mass is 652 g/mol. The fourth-order valence-corrected chi connectivity index (χ4v) is 7.62. The fraction of sp³-hybridized carbons (Fsp3) is 0.333. The van der Waals surface area contributed by atoms with Crippen molar-refractivity contribution >= 4 is 78.0 Å². The number of aromatic nitrogens is 2. The zero-order valence-corrected chi connectivity index (χ0v) is 27.0. The largest absolute Gasteiger partial charge is 0.346 e. The van der Waals surface area contributed by atoms with Crippen LogP contribution in [-0.2, 0) is 29.0 Å². The molecule has 1 amide bonds. The number of ketones is 1. The molecule has 4 heterocycles. The maximum Gasteiger partial charge on any atom is 0.223 e. The minimum absolute atomic E-state index is 0.0105. The molecule has 0 unspecified atom stereocenters. The third-order valence-electron chi connectivity index (χ3n) is 7.89. The van der Waals surface area contributed by atoms with Gasteiger partial charge >= 0.3 is 0 Å².